The fourth-order valence-corrected chi connectivity index (χ4v) is 3.74. The summed E-state index contributed by atoms with van der Waals surface area (Å²) in [5.74, 6) is -1.34. The van der Waals surface area contributed by atoms with Gasteiger partial charge in [0.2, 0.25) is 5.79 Å². The van der Waals surface area contributed by atoms with Crippen molar-refractivity contribution in [2.45, 2.75) is 62.5 Å². The van der Waals surface area contributed by atoms with Crippen molar-refractivity contribution < 1.29 is 29.1 Å². The van der Waals surface area contributed by atoms with E-state index in [0.717, 1.165) is 24.8 Å². The van der Waals surface area contributed by atoms with Crippen molar-refractivity contribution in [1.29, 1.82) is 0 Å². The molecule has 4 rings (SSSR count). The smallest absolute Gasteiger partial charge is 0.241 e. The molecule has 0 bridgehead atoms. The summed E-state index contributed by atoms with van der Waals surface area (Å²) < 4.78 is 18.1. The highest BCUT2D eigenvalue weighted by molar-refractivity contribution is 5.13. The molecule has 2 spiro atoms. The maximum Gasteiger partial charge on any atom is 0.241 e. The van der Waals surface area contributed by atoms with Crippen LogP contribution in [0.5, 0.6) is 0 Å². The minimum atomic E-state index is -0.735. The SMILES string of the molecule is OC[C@@H]1CCC[C@]2(CC3(C[C@@H](COCc4ccccc4)O2)OO3)O1. The Bertz CT molecular complexity index is 546. The van der Waals surface area contributed by atoms with E-state index in [1.54, 1.807) is 0 Å². The van der Waals surface area contributed by atoms with Crippen molar-refractivity contribution in [2.75, 3.05) is 13.2 Å². The minimum absolute atomic E-state index is 0.00893. The fourth-order valence-electron chi connectivity index (χ4n) is 3.74. The van der Waals surface area contributed by atoms with E-state index >= 15 is 0 Å². The topological polar surface area (TPSA) is 73.0 Å². The molecule has 0 unspecified atom stereocenters. The molecule has 3 aliphatic heterocycles. The molecular weight excluding hydrogens is 312 g/mol. The normalized spacial score (nSPS) is 34.5. The highest BCUT2D eigenvalue weighted by Crippen LogP contribution is 2.51. The molecule has 3 aliphatic rings. The molecule has 3 fully saturated rings. The standard InChI is InChI=1S/C18H24O6/c19-10-15-7-4-8-17(21-15)13-18(23-24-18)9-16(22-17)12-20-11-14-5-2-1-3-6-14/h1-3,5-6,15-16,19H,4,7-13H2/t15-,16-,17-/m0/s1. The van der Waals surface area contributed by atoms with Crippen LogP contribution in [0, 0.1) is 0 Å². The maximum absolute atomic E-state index is 9.42. The summed E-state index contributed by atoms with van der Waals surface area (Å²) in [4.78, 5) is 10.5. The van der Waals surface area contributed by atoms with Gasteiger partial charge < -0.3 is 19.3 Å². The molecule has 1 N–H and O–H groups in total. The second-order valence-corrected chi connectivity index (χ2v) is 6.92. The minimum Gasteiger partial charge on any atom is -0.394 e. The van der Waals surface area contributed by atoms with Crippen LogP contribution in [0.4, 0.5) is 0 Å². The summed E-state index contributed by atoms with van der Waals surface area (Å²) in [7, 11) is 0. The van der Waals surface area contributed by atoms with Crippen LogP contribution in [0.1, 0.15) is 37.7 Å². The zero-order valence-electron chi connectivity index (χ0n) is 13.7. The van der Waals surface area contributed by atoms with E-state index in [9.17, 15) is 5.11 Å². The van der Waals surface area contributed by atoms with E-state index in [1.807, 2.05) is 30.3 Å². The molecule has 24 heavy (non-hydrogen) atoms. The Kier molecular flexibility index (Phi) is 4.60. The number of rotatable bonds is 5. The van der Waals surface area contributed by atoms with Crippen molar-refractivity contribution in [2.24, 2.45) is 0 Å². The Morgan fingerprint density at radius 3 is 2.62 bits per heavy atom. The van der Waals surface area contributed by atoms with Crippen LogP contribution < -0.4 is 0 Å². The lowest BCUT2D eigenvalue weighted by Crippen LogP contribution is -2.54. The van der Waals surface area contributed by atoms with Crippen LogP contribution in [-0.2, 0) is 30.6 Å². The Morgan fingerprint density at radius 1 is 1.08 bits per heavy atom. The first kappa shape index (κ1) is 16.4. The summed E-state index contributed by atoms with van der Waals surface area (Å²) in [5, 5.41) is 9.42. The molecule has 3 atom stereocenters. The first-order valence-electron chi connectivity index (χ1n) is 8.66. The average molecular weight is 336 g/mol. The largest absolute Gasteiger partial charge is 0.394 e. The van der Waals surface area contributed by atoms with Gasteiger partial charge in [-0.05, 0) is 18.4 Å². The predicted octanol–water partition coefficient (Wildman–Crippen LogP) is 2.30. The number of aliphatic hydroxyl groups is 1. The number of benzene rings is 1. The quantitative estimate of drug-likeness (QED) is 0.657. The van der Waals surface area contributed by atoms with Gasteiger partial charge in [-0.3, -0.25) is 0 Å². The molecule has 1 aromatic rings. The second-order valence-electron chi connectivity index (χ2n) is 6.92. The van der Waals surface area contributed by atoms with E-state index < -0.39 is 11.6 Å². The first-order valence-corrected chi connectivity index (χ1v) is 8.66. The third-order valence-corrected chi connectivity index (χ3v) is 4.86. The third kappa shape index (κ3) is 3.64. The molecule has 3 heterocycles. The van der Waals surface area contributed by atoms with Gasteiger partial charge in [-0.1, -0.05) is 30.3 Å². The van der Waals surface area contributed by atoms with Gasteiger partial charge in [-0.15, -0.1) is 0 Å². The monoisotopic (exact) mass is 336 g/mol. The van der Waals surface area contributed by atoms with E-state index in [2.05, 4.69) is 0 Å². The number of aliphatic hydroxyl groups excluding tert-OH is 1. The van der Waals surface area contributed by atoms with Crippen molar-refractivity contribution in [3.63, 3.8) is 0 Å². The van der Waals surface area contributed by atoms with Crippen LogP contribution in [0.2, 0.25) is 0 Å². The molecule has 0 aromatic heterocycles. The van der Waals surface area contributed by atoms with Crippen molar-refractivity contribution in [1.82, 2.24) is 0 Å². The Morgan fingerprint density at radius 2 is 1.88 bits per heavy atom. The van der Waals surface area contributed by atoms with Gasteiger partial charge in [0.05, 0.1) is 38.4 Å². The Labute approximate surface area is 141 Å². The lowest BCUT2D eigenvalue weighted by Gasteiger charge is -2.46. The van der Waals surface area contributed by atoms with Gasteiger partial charge in [-0.25, -0.2) is 0 Å². The fraction of sp³-hybridized carbons (Fsp3) is 0.667. The van der Waals surface area contributed by atoms with Crippen LogP contribution in [0.25, 0.3) is 0 Å². The van der Waals surface area contributed by atoms with Crippen LogP contribution >= 0.6 is 0 Å². The molecule has 0 saturated carbocycles. The van der Waals surface area contributed by atoms with Gasteiger partial charge >= 0.3 is 0 Å². The Balaban J connectivity index is 1.37. The van der Waals surface area contributed by atoms with Gasteiger partial charge in [0.1, 0.15) is 0 Å². The lowest BCUT2D eigenvalue weighted by atomic mass is 9.90. The highest BCUT2D eigenvalue weighted by atomic mass is 17.4. The van der Waals surface area contributed by atoms with Gasteiger partial charge in [0, 0.05) is 12.8 Å². The molecule has 6 nitrogen and oxygen atoms in total. The molecular formula is C18H24O6. The Hall–Kier alpha value is -1.02. The van der Waals surface area contributed by atoms with Crippen LogP contribution in [-0.4, -0.2) is 42.1 Å². The zero-order chi connectivity index (χ0) is 16.5. The van der Waals surface area contributed by atoms with E-state index in [4.69, 9.17) is 24.0 Å². The second kappa shape index (κ2) is 6.71. The molecule has 0 amide bonds. The van der Waals surface area contributed by atoms with E-state index in [1.165, 1.54) is 0 Å². The van der Waals surface area contributed by atoms with E-state index in [-0.39, 0.29) is 18.8 Å². The number of ether oxygens (including phenoxy) is 3. The zero-order valence-corrected chi connectivity index (χ0v) is 13.7. The van der Waals surface area contributed by atoms with Crippen LogP contribution in [0.3, 0.4) is 0 Å². The summed E-state index contributed by atoms with van der Waals surface area (Å²) in [5.41, 5.74) is 1.13. The third-order valence-electron chi connectivity index (χ3n) is 4.86. The molecule has 0 radical (unpaired) electrons. The van der Waals surface area contributed by atoms with Crippen molar-refractivity contribution in [3.05, 3.63) is 35.9 Å². The van der Waals surface area contributed by atoms with Gasteiger partial charge in [-0.2, -0.15) is 9.78 Å². The lowest BCUT2D eigenvalue weighted by molar-refractivity contribution is -0.333. The molecule has 6 heteroatoms. The average Bonchev–Trinajstić information content (AvgIpc) is 3.33. The van der Waals surface area contributed by atoms with Gasteiger partial charge in [0.25, 0.3) is 0 Å². The molecule has 1 aromatic carbocycles. The summed E-state index contributed by atoms with van der Waals surface area (Å²) in [6.07, 6.45) is 3.45. The van der Waals surface area contributed by atoms with E-state index in [0.29, 0.717) is 26.1 Å². The molecule has 0 aliphatic carbocycles. The number of hydrogen-bond donors (Lipinski definition) is 1. The van der Waals surface area contributed by atoms with Crippen LogP contribution in [0.15, 0.2) is 30.3 Å². The maximum atomic E-state index is 9.42. The first-order chi connectivity index (χ1) is 11.7. The summed E-state index contributed by atoms with van der Waals surface area (Å²) in [6, 6.07) is 10.1. The van der Waals surface area contributed by atoms with Crippen molar-refractivity contribution >= 4 is 0 Å². The summed E-state index contributed by atoms with van der Waals surface area (Å²) in [6.45, 7) is 1.01. The van der Waals surface area contributed by atoms with Crippen molar-refractivity contribution in [3.8, 4) is 0 Å². The van der Waals surface area contributed by atoms with Gasteiger partial charge in [0.15, 0.2) is 5.79 Å². The molecule has 3 saturated heterocycles. The molecule has 132 valence electrons. The predicted molar refractivity (Wildman–Crippen MR) is 83.6 cm³/mol. The number of hydrogen-bond acceptors (Lipinski definition) is 6. The highest BCUT2D eigenvalue weighted by Gasteiger charge is 2.62. The summed E-state index contributed by atoms with van der Waals surface area (Å²) >= 11 is 0.